The first-order chi connectivity index (χ1) is 9.58. The monoisotopic (exact) mass is 294 g/mol. The Morgan fingerprint density at radius 3 is 2.80 bits per heavy atom. The van der Waals surface area contributed by atoms with Crippen LogP contribution >= 0.6 is 11.6 Å². The highest BCUT2D eigenvalue weighted by molar-refractivity contribution is 6.31. The van der Waals surface area contributed by atoms with Gasteiger partial charge in [-0.15, -0.1) is 0 Å². The van der Waals surface area contributed by atoms with Gasteiger partial charge in [-0.3, -0.25) is 4.79 Å². The van der Waals surface area contributed by atoms with Gasteiger partial charge in [0.15, 0.2) is 5.76 Å². The average Bonchev–Trinajstić information content (AvgIpc) is 2.73. The van der Waals surface area contributed by atoms with E-state index < -0.39 is 0 Å². The van der Waals surface area contributed by atoms with Gasteiger partial charge < -0.3 is 14.6 Å². The Morgan fingerprint density at radius 2 is 2.15 bits per heavy atom. The molecule has 0 saturated carbocycles. The van der Waals surface area contributed by atoms with Crippen molar-refractivity contribution in [3.63, 3.8) is 0 Å². The fraction of sp³-hybridized carbons (Fsp3) is 0.286. The molecule has 0 aliphatic rings. The highest BCUT2D eigenvalue weighted by atomic mass is 35.5. The van der Waals surface area contributed by atoms with Crippen LogP contribution in [0.3, 0.4) is 0 Å². The molecule has 0 aliphatic heterocycles. The molecule has 1 amide bonds. The second kappa shape index (κ2) is 6.54. The quantitative estimate of drug-likeness (QED) is 0.920. The van der Waals surface area contributed by atoms with Gasteiger partial charge in [-0.1, -0.05) is 35.0 Å². The standard InChI is InChI=1S/C14H15ClN2O3/c1-9-14(10(2)20-17-9)16-13(18)8-19-7-11-5-3-4-6-12(11)15/h3-6H,7-8H2,1-2H3,(H,16,18). The number of nitrogens with zero attached hydrogens (tertiary/aromatic N) is 1. The minimum Gasteiger partial charge on any atom is -0.367 e. The van der Waals surface area contributed by atoms with Crippen LogP contribution in [-0.2, 0) is 16.1 Å². The molecule has 1 heterocycles. The lowest BCUT2D eigenvalue weighted by molar-refractivity contribution is -0.121. The zero-order valence-electron chi connectivity index (χ0n) is 11.3. The largest absolute Gasteiger partial charge is 0.367 e. The molecule has 0 unspecified atom stereocenters. The van der Waals surface area contributed by atoms with Crippen molar-refractivity contribution < 1.29 is 14.1 Å². The van der Waals surface area contributed by atoms with E-state index in [2.05, 4.69) is 10.5 Å². The van der Waals surface area contributed by atoms with Gasteiger partial charge in [-0.05, 0) is 25.5 Å². The summed E-state index contributed by atoms with van der Waals surface area (Å²) in [6, 6.07) is 7.35. The van der Waals surface area contributed by atoms with Crippen LogP contribution in [0.4, 0.5) is 5.69 Å². The fourth-order valence-electron chi connectivity index (χ4n) is 1.71. The van der Waals surface area contributed by atoms with E-state index in [1.54, 1.807) is 19.9 Å². The summed E-state index contributed by atoms with van der Waals surface area (Å²) in [7, 11) is 0. The molecule has 0 atom stereocenters. The summed E-state index contributed by atoms with van der Waals surface area (Å²) in [6.45, 7) is 3.72. The third-order valence-electron chi connectivity index (χ3n) is 2.75. The smallest absolute Gasteiger partial charge is 0.250 e. The fourth-order valence-corrected chi connectivity index (χ4v) is 1.90. The maximum Gasteiger partial charge on any atom is 0.250 e. The van der Waals surface area contributed by atoms with Crippen molar-refractivity contribution in [2.75, 3.05) is 11.9 Å². The maximum absolute atomic E-state index is 11.8. The molecule has 20 heavy (non-hydrogen) atoms. The van der Waals surface area contributed by atoms with Crippen LogP contribution in [0.2, 0.25) is 5.02 Å². The van der Waals surface area contributed by atoms with Crippen molar-refractivity contribution >= 4 is 23.2 Å². The number of carbonyl (C=O) groups excluding carboxylic acids is 1. The predicted octanol–water partition coefficient (Wildman–Crippen LogP) is 3.10. The number of nitrogens with one attached hydrogen (secondary N) is 1. The number of halogens is 1. The molecule has 0 bridgehead atoms. The van der Waals surface area contributed by atoms with Gasteiger partial charge in [0.05, 0.1) is 6.61 Å². The summed E-state index contributed by atoms with van der Waals surface area (Å²) >= 11 is 6.00. The van der Waals surface area contributed by atoms with Crippen molar-refractivity contribution in [2.24, 2.45) is 0 Å². The van der Waals surface area contributed by atoms with Crippen LogP contribution in [-0.4, -0.2) is 17.7 Å². The normalized spacial score (nSPS) is 10.6. The van der Waals surface area contributed by atoms with Crippen LogP contribution < -0.4 is 5.32 Å². The van der Waals surface area contributed by atoms with E-state index in [0.29, 0.717) is 22.2 Å². The molecule has 0 saturated heterocycles. The van der Waals surface area contributed by atoms with E-state index in [9.17, 15) is 4.79 Å². The molecule has 106 valence electrons. The van der Waals surface area contributed by atoms with Crippen molar-refractivity contribution in [2.45, 2.75) is 20.5 Å². The van der Waals surface area contributed by atoms with Gasteiger partial charge in [0.2, 0.25) is 0 Å². The zero-order valence-corrected chi connectivity index (χ0v) is 12.0. The summed E-state index contributed by atoms with van der Waals surface area (Å²) in [5.41, 5.74) is 2.08. The number of aromatic nitrogens is 1. The molecule has 0 aliphatic carbocycles. The Morgan fingerprint density at radius 1 is 1.40 bits per heavy atom. The van der Waals surface area contributed by atoms with Crippen molar-refractivity contribution in [1.29, 1.82) is 0 Å². The Bertz CT molecular complexity index is 591. The van der Waals surface area contributed by atoms with E-state index in [0.717, 1.165) is 5.56 Å². The molecule has 0 radical (unpaired) electrons. The average molecular weight is 295 g/mol. The second-order valence-electron chi connectivity index (χ2n) is 4.33. The first-order valence-electron chi connectivity index (χ1n) is 6.12. The number of ether oxygens (including phenoxy) is 1. The van der Waals surface area contributed by atoms with E-state index >= 15 is 0 Å². The minimum atomic E-state index is -0.258. The van der Waals surface area contributed by atoms with Crippen molar-refractivity contribution in [1.82, 2.24) is 5.16 Å². The maximum atomic E-state index is 11.8. The van der Waals surface area contributed by atoms with Crippen LogP contribution in [0.15, 0.2) is 28.8 Å². The number of hydrogen-bond acceptors (Lipinski definition) is 4. The summed E-state index contributed by atoms with van der Waals surface area (Å²) in [5.74, 6) is 0.313. The number of amides is 1. The van der Waals surface area contributed by atoms with Gasteiger partial charge in [-0.25, -0.2) is 0 Å². The molecular formula is C14H15ClN2O3. The minimum absolute atomic E-state index is 0.0602. The second-order valence-corrected chi connectivity index (χ2v) is 4.74. The zero-order chi connectivity index (χ0) is 14.5. The van der Waals surface area contributed by atoms with E-state index in [1.165, 1.54) is 0 Å². The molecule has 5 nitrogen and oxygen atoms in total. The van der Waals surface area contributed by atoms with Crippen LogP contribution in [0.1, 0.15) is 17.0 Å². The molecule has 1 aromatic carbocycles. The van der Waals surface area contributed by atoms with Gasteiger partial charge in [0, 0.05) is 5.02 Å². The number of anilines is 1. The summed E-state index contributed by atoms with van der Waals surface area (Å²) < 4.78 is 10.3. The lowest BCUT2D eigenvalue weighted by Gasteiger charge is -2.07. The third kappa shape index (κ3) is 3.59. The Kier molecular flexibility index (Phi) is 4.76. The highest BCUT2D eigenvalue weighted by Gasteiger charge is 2.12. The van der Waals surface area contributed by atoms with Gasteiger partial charge in [0.1, 0.15) is 18.0 Å². The van der Waals surface area contributed by atoms with Crippen LogP contribution in [0.25, 0.3) is 0 Å². The molecule has 0 spiro atoms. The summed E-state index contributed by atoms with van der Waals surface area (Å²) in [4.78, 5) is 11.8. The molecule has 1 N–H and O–H groups in total. The summed E-state index contributed by atoms with van der Waals surface area (Å²) in [6.07, 6.45) is 0. The van der Waals surface area contributed by atoms with Crippen molar-refractivity contribution in [3.05, 3.63) is 46.3 Å². The number of aryl methyl sites for hydroxylation is 2. The third-order valence-corrected chi connectivity index (χ3v) is 3.12. The number of benzene rings is 1. The van der Waals surface area contributed by atoms with Crippen molar-refractivity contribution in [3.8, 4) is 0 Å². The van der Waals surface area contributed by atoms with Gasteiger partial charge >= 0.3 is 0 Å². The van der Waals surface area contributed by atoms with Gasteiger partial charge in [0.25, 0.3) is 5.91 Å². The number of carbonyl (C=O) groups is 1. The van der Waals surface area contributed by atoms with Gasteiger partial charge in [-0.2, -0.15) is 0 Å². The SMILES string of the molecule is Cc1noc(C)c1NC(=O)COCc1ccccc1Cl. The molecule has 2 aromatic rings. The number of hydrogen-bond donors (Lipinski definition) is 1. The van der Waals surface area contributed by atoms with E-state index in [-0.39, 0.29) is 19.1 Å². The lowest BCUT2D eigenvalue weighted by Crippen LogP contribution is -2.19. The molecule has 0 fully saturated rings. The lowest BCUT2D eigenvalue weighted by atomic mass is 10.2. The van der Waals surface area contributed by atoms with Crippen LogP contribution in [0, 0.1) is 13.8 Å². The Labute approximate surface area is 121 Å². The molecule has 1 aromatic heterocycles. The Balaban J connectivity index is 1.83. The first kappa shape index (κ1) is 14.6. The number of rotatable bonds is 5. The van der Waals surface area contributed by atoms with Crippen LogP contribution in [0.5, 0.6) is 0 Å². The highest BCUT2D eigenvalue weighted by Crippen LogP contribution is 2.18. The first-order valence-corrected chi connectivity index (χ1v) is 6.49. The topological polar surface area (TPSA) is 64.4 Å². The molecule has 2 rings (SSSR count). The molecule has 6 heteroatoms. The Hall–Kier alpha value is -1.85. The predicted molar refractivity (Wildman–Crippen MR) is 75.7 cm³/mol. The molecular weight excluding hydrogens is 280 g/mol. The van der Waals surface area contributed by atoms with E-state index in [4.69, 9.17) is 20.9 Å². The summed E-state index contributed by atoms with van der Waals surface area (Å²) in [5, 5.41) is 7.09. The van der Waals surface area contributed by atoms with E-state index in [1.807, 2.05) is 18.2 Å².